The molecule has 3 nitrogen and oxygen atoms in total. The molecule has 0 saturated carbocycles. The van der Waals surface area contributed by atoms with E-state index >= 15 is 0 Å². The van der Waals surface area contributed by atoms with Crippen LogP contribution >= 0.6 is 0 Å². The van der Waals surface area contributed by atoms with Gasteiger partial charge in [0.1, 0.15) is 0 Å². The van der Waals surface area contributed by atoms with Crippen LogP contribution in [0.5, 0.6) is 0 Å². The third kappa shape index (κ3) is 3.39. The molecule has 0 fully saturated rings. The predicted molar refractivity (Wildman–Crippen MR) is 88.9 cm³/mol. The molecule has 1 aliphatic rings. The summed E-state index contributed by atoms with van der Waals surface area (Å²) in [7, 11) is 0. The lowest BCUT2D eigenvalue weighted by Crippen LogP contribution is -2.51. The summed E-state index contributed by atoms with van der Waals surface area (Å²) in [6, 6.07) is 6.75. The van der Waals surface area contributed by atoms with Crippen LogP contribution in [0.3, 0.4) is 0 Å². The van der Waals surface area contributed by atoms with Crippen molar-refractivity contribution in [3.63, 3.8) is 0 Å². The summed E-state index contributed by atoms with van der Waals surface area (Å²) in [5.74, 6) is 0.708. The molecule has 21 heavy (non-hydrogen) atoms. The molecule has 1 aliphatic heterocycles. The lowest BCUT2D eigenvalue weighted by Gasteiger charge is -2.47. The highest BCUT2D eigenvalue weighted by atomic mass is 16.1. The number of rotatable bonds is 4. The number of hydrogen-bond donors (Lipinski definition) is 1. The van der Waals surface area contributed by atoms with E-state index in [0.717, 1.165) is 13.0 Å². The summed E-state index contributed by atoms with van der Waals surface area (Å²) in [6.07, 6.45) is 1.70. The molecule has 1 aromatic carbocycles. The van der Waals surface area contributed by atoms with Gasteiger partial charge in [0.05, 0.1) is 0 Å². The van der Waals surface area contributed by atoms with Gasteiger partial charge < -0.3 is 10.2 Å². The van der Waals surface area contributed by atoms with E-state index in [4.69, 9.17) is 0 Å². The number of carbonyl (C=O) groups excluding carboxylic acids is 1. The summed E-state index contributed by atoms with van der Waals surface area (Å²) in [6.45, 7) is 12.5. The molecular weight excluding hydrogens is 260 g/mol. The molecule has 3 heteroatoms. The van der Waals surface area contributed by atoms with Crippen LogP contribution in [0.4, 0.5) is 5.69 Å². The monoisotopic (exact) mass is 288 g/mol. The van der Waals surface area contributed by atoms with Crippen molar-refractivity contribution in [2.24, 2.45) is 0 Å². The maximum Gasteiger partial charge on any atom is 0.219 e. The van der Waals surface area contributed by atoms with E-state index in [2.05, 4.69) is 56.1 Å². The van der Waals surface area contributed by atoms with E-state index < -0.39 is 0 Å². The standard InChI is InChI=1S/C18H28N2O/c1-6-17(21)19-9-10-20-16-11-13(2)7-8-15(16)14(3)12-18(20,4)5/h7-8,11,14H,6,9-10,12H2,1-5H3,(H,19,21). The molecule has 0 radical (unpaired) electrons. The maximum atomic E-state index is 11.4. The van der Waals surface area contributed by atoms with Crippen molar-refractivity contribution in [2.45, 2.75) is 58.9 Å². The Morgan fingerprint density at radius 3 is 2.81 bits per heavy atom. The molecule has 1 N–H and O–H groups in total. The Labute approximate surface area is 128 Å². The first kappa shape index (κ1) is 15.9. The molecule has 0 spiro atoms. The highest BCUT2D eigenvalue weighted by molar-refractivity contribution is 5.75. The van der Waals surface area contributed by atoms with Gasteiger partial charge in [0.25, 0.3) is 0 Å². The molecule has 2 rings (SSSR count). The number of carbonyl (C=O) groups is 1. The number of nitrogens with one attached hydrogen (secondary N) is 1. The first-order valence-electron chi connectivity index (χ1n) is 8.00. The van der Waals surface area contributed by atoms with Crippen molar-refractivity contribution in [1.82, 2.24) is 5.32 Å². The van der Waals surface area contributed by atoms with Gasteiger partial charge in [-0.2, -0.15) is 0 Å². The molecule has 1 atom stereocenters. The average molecular weight is 288 g/mol. The van der Waals surface area contributed by atoms with Crippen LogP contribution < -0.4 is 10.2 Å². The Balaban J connectivity index is 2.23. The molecule has 1 amide bonds. The Morgan fingerprint density at radius 2 is 2.14 bits per heavy atom. The minimum absolute atomic E-state index is 0.122. The molecule has 1 heterocycles. The van der Waals surface area contributed by atoms with Crippen molar-refractivity contribution in [3.8, 4) is 0 Å². The second-order valence-electron chi connectivity index (χ2n) is 6.84. The number of hydrogen-bond acceptors (Lipinski definition) is 2. The van der Waals surface area contributed by atoms with Crippen LogP contribution in [0.2, 0.25) is 0 Å². The summed E-state index contributed by atoms with van der Waals surface area (Å²) in [5.41, 5.74) is 4.18. The Kier molecular flexibility index (Phi) is 4.60. The van der Waals surface area contributed by atoms with Crippen LogP contribution in [-0.2, 0) is 4.79 Å². The molecule has 0 bridgehead atoms. The Bertz CT molecular complexity index is 522. The van der Waals surface area contributed by atoms with Gasteiger partial charge in [0.2, 0.25) is 5.91 Å². The van der Waals surface area contributed by atoms with Crippen molar-refractivity contribution >= 4 is 11.6 Å². The average Bonchev–Trinajstić information content (AvgIpc) is 2.41. The largest absolute Gasteiger partial charge is 0.364 e. The molecular formula is C18H28N2O. The number of nitrogens with zero attached hydrogens (tertiary/aromatic N) is 1. The fourth-order valence-electron chi connectivity index (χ4n) is 3.45. The van der Waals surface area contributed by atoms with Crippen LogP contribution in [0.25, 0.3) is 0 Å². The fraction of sp³-hybridized carbons (Fsp3) is 0.611. The molecule has 1 unspecified atom stereocenters. The SMILES string of the molecule is CCC(=O)NCCN1c2cc(C)ccc2C(C)CC1(C)C. The van der Waals surface area contributed by atoms with Crippen LogP contribution in [-0.4, -0.2) is 24.5 Å². The van der Waals surface area contributed by atoms with E-state index in [1.807, 2.05) is 6.92 Å². The van der Waals surface area contributed by atoms with Crippen molar-refractivity contribution in [1.29, 1.82) is 0 Å². The lowest BCUT2D eigenvalue weighted by atomic mass is 9.79. The predicted octanol–water partition coefficient (Wildman–Crippen LogP) is 3.61. The van der Waals surface area contributed by atoms with Gasteiger partial charge in [-0.25, -0.2) is 0 Å². The second-order valence-corrected chi connectivity index (χ2v) is 6.84. The van der Waals surface area contributed by atoms with Crippen molar-refractivity contribution < 1.29 is 4.79 Å². The van der Waals surface area contributed by atoms with E-state index in [0.29, 0.717) is 18.9 Å². The summed E-state index contributed by atoms with van der Waals surface area (Å²) < 4.78 is 0. The van der Waals surface area contributed by atoms with E-state index in [1.165, 1.54) is 16.8 Å². The molecule has 0 aromatic heterocycles. The summed E-state index contributed by atoms with van der Waals surface area (Å²) in [5, 5.41) is 2.99. The van der Waals surface area contributed by atoms with Gasteiger partial charge in [-0.15, -0.1) is 0 Å². The van der Waals surface area contributed by atoms with Gasteiger partial charge in [-0.1, -0.05) is 26.0 Å². The zero-order chi connectivity index (χ0) is 15.6. The summed E-state index contributed by atoms with van der Waals surface area (Å²) >= 11 is 0. The minimum Gasteiger partial charge on any atom is -0.364 e. The number of amides is 1. The number of benzene rings is 1. The molecule has 0 aliphatic carbocycles. The zero-order valence-corrected chi connectivity index (χ0v) is 14.0. The number of anilines is 1. The summed E-state index contributed by atoms with van der Waals surface area (Å²) in [4.78, 5) is 13.9. The number of fused-ring (bicyclic) bond motifs is 1. The van der Waals surface area contributed by atoms with Crippen molar-refractivity contribution in [2.75, 3.05) is 18.0 Å². The normalized spacial score (nSPS) is 20.0. The first-order chi connectivity index (χ1) is 9.85. The van der Waals surface area contributed by atoms with E-state index in [9.17, 15) is 4.79 Å². The molecule has 0 saturated heterocycles. The van der Waals surface area contributed by atoms with Gasteiger partial charge in [0.15, 0.2) is 0 Å². The highest BCUT2D eigenvalue weighted by Crippen LogP contribution is 2.43. The molecule has 1 aromatic rings. The van der Waals surface area contributed by atoms with Gasteiger partial charge in [-0.3, -0.25) is 4.79 Å². The molecule has 116 valence electrons. The second kappa shape index (κ2) is 6.08. The fourth-order valence-corrected chi connectivity index (χ4v) is 3.45. The maximum absolute atomic E-state index is 11.4. The van der Waals surface area contributed by atoms with Crippen LogP contribution in [0, 0.1) is 6.92 Å². The topological polar surface area (TPSA) is 32.3 Å². The van der Waals surface area contributed by atoms with E-state index in [-0.39, 0.29) is 11.4 Å². The Morgan fingerprint density at radius 1 is 1.43 bits per heavy atom. The minimum atomic E-state index is 0.122. The van der Waals surface area contributed by atoms with Crippen molar-refractivity contribution in [3.05, 3.63) is 29.3 Å². The highest BCUT2D eigenvalue weighted by Gasteiger charge is 2.35. The first-order valence-corrected chi connectivity index (χ1v) is 8.00. The Hall–Kier alpha value is -1.51. The third-order valence-corrected chi connectivity index (χ3v) is 4.52. The van der Waals surface area contributed by atoms with Gasteiger partial charge in [0, 0.05) is 30.7 Å². The third-order valence-electron chi connectivity index (χ3n) is 4.52. The van der Waals surface area contributed by atoms with Gasteiger partial charge in [-0.05, 0) is 50.3 Å². The quantitative estimate of drug-likeness (QED) is 0.918. The smallest absolute Gasteiger partial charge is 0.219 e. The van der Waals surface area contributed by atoms with Gasteiger partial charge >= 0.3 is 0 Å². The van der Waals surface area contributed by atoms with Crippen LogP contribution in [0.1, 0.15) is 57.6 Å². The van der Waals surface area contributed by atoms with E-state index in [1.54, 1.807) is 0 Å². The zero-order valence-electron chi connectivity index (χ0n) is 14.0. The van der Waals surface area contributed by atoms with Crippen LogP contribution in [0.15, 0.2) is 18.2 Å². The number of aryl methyl sites for hydroxylation is 1. The lowest BCUT2D eigenvalue weighted by molar-refractivity contribution is -0.120.